The summed E-state index contributed by atoms with van der Waals surface area (Å²) in [4.78, 5) is 4.95. The average molecular weight is 322 g/mol. The van der Waals surface area contributed by atoms with Crippen LogP contribution in [0, 0.1) is 0 Å². The third kappa shape index (κ3) is 4.28. The SMILES string of the molecule is CCCC[C@H](c1nnnn1C[C@H]1CCCO1)N1CCN(C)CC1. The standard InChI is InChI=1S/C16H30N6O/c1-3-4-7-15(21-10-8-20(2)9-11-21)16-17-18-19-22(16)13-14-6-5-12-23-14/h14-15H,3-13H2,1-2H3/t14-,15-/m1/s1. The van der Waals surface area contributed by atoms with Crippen LogP contribution in [0.2, 0.25) is 0 Å². The quantitative estimate of drug-likeness (QED) is 0.755. The zero-order valence-corrected chi connectivity index (χ0v) is 14.5. The van der Waals surface area contributed by atoms with Crippen LogP contribution in [0.25, 0.3) is 0 Å². The van der Waals surface area contributed by atoms with Gasteiger partial charge in [-0.05, 0) is 36.7 Å². The fourth-order valence-corrected chi connectivity index (χ4v) is 3.57. The normalized spacial score (nSPS) is 25.0. The van der Waals surface area contributed by atoms with Crippen LogP contribution >= 0.6 is 0 Å². The second-order valence-corrected chi connectivity index (χ2v) is 6.85. The van der Waals surface area contributed by atoms with E-state index in [4.69, 9.17) is 4.74 Å². The Bertz CT molecular complexity index is 465. The molecule has 7 heteroatoms. The van der Waals surface area contributed by atoms with Crippen molar-refractivity contribution in [3.8, 4) is 0 Å². The van der Waals surface area contributed by atoms with E-state index in [1.165, 1.54) is 12.8 Å². The fraction of sp³-hybridized carbons (Fsp3) is 0.938. The molecule has 0 N–H and O–H groups in total. The van der Waals surface area contributed by atoms with Gasteiger partial charge in [-0.15, -0.1) is 5.10 Å². The lowest BCUT2D eigenvalue weighted by Gasteiger charge is -2.37. The van der Waals surface area contributed by atoms with Crippen molar-refractivity contribution in [3.05, 3.63) is 5.82 Å². The molecule has 2 atom stereocenters. The second-order valence-electron chi connectivity index (χ2n) is 6.85. The maximum atomic E-state index is 5.77. The second kappa shape index (κ2) is 8.17. The van der Waals surface area contributed by atoms with Gasteiger partial charge in [-0.25, -0.2) is 4.68 Å². The predicted molar refractivity (Wildman–Crippen MR) is 88.1 cm³/mol. The van der Waals surface area contributed by atoms with Gasteiger partial charge in [0, 0.05) is 32.8 Å². The van der Waals surface area contributed by atoms with Gasteiger partial charge in [-0.2, -0.15) is 0 Å². The Morgan fingerprint density at radius 1 is 1.26 bits per heavy atom. The third-order valence-corrected chi connectivity index (χ3v) is 5.07. The summed E-state index contributed by atoms with van der Waals surface area (Å²) in [6.45, 7) is 8.34. The molecular formula is C16H30N6O. The van der Waals surface area contributed by atoms with E-state index in [2.05, 4.69) is 39.3 Å². The Balaban J connectivity index is 1.72. The third-order valence-electron chi connectivity index (χ3n) is 5.07. The van der Waals surface area contributed by atoms with Crippen LogP contribution in [0.4, 0.5) is 0 Å². The number of aromatic nitrogens is 4. The van der Waals surface area contributed by atoms with Gasteiger partial charge in [0.25, 0.3) is 0 Å². The molecule has 23 heavy (non-hydrogen) atoms. The van der Waals surface area contributed by atoms with E-state index in [-0.39, 0.29) is 6.10 Å². The maximum absolute atomic E-state index is 5.77. The molecule has 1 aromatic heterocycles. The number of nitrogens with zero attached hydrogens (tertiary/aromatic N) is 6. The first kappa shape index (κ1) is 16.8. The van der Waals surface area contributed by atoms with Crippen molar-refractivity contribution in [2.24, 2.45) is 0 Å². The van der Waals surface area contributed by atoms with Gasteiger partial charge in [0.05, 0.1) is 18.7 Å². The molecule has 130 valence electrons. The molecule has 0 spiro atoms. The maximum Gasteiger partial charge on any atom is 0.168 e. The van der Waals surface area contributed by atoms with Gasteiger partial charge in [0.1, 0.15) is 0 Å². The first-order chi connectivity index (χ1) is 11.3. The molecule has 2 aliphatic heterocycles. The van der Waals surface area contributed by atoms with Gasteiger partial charge in [0.2, 0.25) is 0 Å². The molecule has 0 amide bonds. The largest absolute Gasteiger partial charge is 0.376 e. The number of hydrogen-bond donors (Lipinski definition) is 0. The van der Waals surface area contributed by atoms with Gasteiger partial charge >= 0.3 is 0 Å². The Hall–Kier alpha value is -1.05. The summed E-state index contributed by atoms with van der Waals surface area (Å²) in [6.07, 6.45) is 6.09. The van der Waals surface area contributed by atoms with Crippen molar-refractivity contribution in [1.29, 1.82) is 0 Å². The number of rotatable bonds is 7. The summed E-state index contributed by atoms with van der Waals surface area (Å²) in [7, 11) is 2.19. The lowest BCUT2D eigenvalue weighted by molar-refractivity contribution is 0.0814. The van der Waals surface area contributed by atoms with E-state index in [1.54, 1.807) is 0 Å². The van der Waals surface area contributed by atoms with Crippen LogP contribution in [0.15, 0.2) is 0 Å². The Morgan fingerprint density at radius 2 is 2.09 bits per heavy atom. The van der Waals surface area contributed by atoms with E-state index < -0.39 is 0 Å². The molecule has 0 aliphatic carbocycles. The molecule has 2 saturated heterocycles. The van der Waals surface area contributed by atoms with Crippen LogP contribution in [0.1, 0.15) is 50.9 Å². The summed E-state index contributed by atoms with van der Waals surface area (Å²) < 4.78 is 7.76. The lowest BCUT2D eigenvalue weighted by Crippen LogP contribution is -2.46. The van der Waals surface area contributed by atoms with Crippen LogP contribution < -0.4 is 0 Å². The molecule has 7 nitrogen and oxygen atoms in total. The number of piperazine rings is 1. The highest BCUT2D eigenvalue weighted by atomic mass is 16.5. The van der Waals surface area contributed by atoms with Gasteiger partial charge in [-0.1, -0.05) is 19.8 Å². The predicted octanol–water partition coefficient (Wildman–Crippen LogP) is 1.33. The van der Waals surface area contributed by atoms with Crippen molar-refractivity contribution < 1.29 is 4.74 Å². The Labute approximate surface area is 139 Å². The molecule has 0 radical (unpaired) electrons. The fourth-order valence-electron chi connectivity index (χ4n) is 3.57. The monoisotopic (exact) mass is 322 g/mol. The molecule has 3 rings (SSSR count). The summed E-state index contributed by atoms with van der Waals surface area (Å²) in [5, 5.41) is 12.6. The van der Waals surface area contributed by atoms with Crippen LogP contribution in [-0.2, 0) is 11.3 Å². The molecule has 0 saturated carbocycles. The smallest absolute Gasteiger partial charge is 0.168 e. The Morgan fingerprint density at radius 3 is 2.78 bits per heavy atom. The van der Waals surface area contributed by atoms with Crippen molar-refractivity contribution in [2.75, 3.05) is 39.8 Å². The van der Waals surface area contributed by atoms with Crippen molar-refractivity contribution >= 4 is 0 Å². The number of tetrazole rings is 1. The number of unbranched alkanes of at least 4 members (excludes halogenated alkanes) is 1. The van der Waals surface area contributed by atoms with E-state index in [9.17, 15) is 0 Å². The molecule has 1 aromatic rings. The van der Waals surface area contributed by atoms with E-state index >= 15 is 0 Å². The average Bonchev–Trinajstić information content (AvgIpc) is 3.22. The van der Waals surface area contributed by atoms with Crippen LogP contribution in [0.5, 0.6) is 0 Å². The minimum Gasteiger partial charge on any atom is -0.376 e. The molecule has 2 fully saturated rings. The zero-order chi connectivity index (χ0) is 16.1. The molecular weight excluding hydrogens is 292 g/mol. The minimum atomic E-state index is 0.275. The van der Waals surface area contributed by atoms with Crippen molar-refractivity contribution in [3.63, 3.8) is 0 Å². The first-order valence-electron chi connectivity index (χ1n) is 9.08. The zero-order valence-electron chi connectivity index (χ0n) is 14.5. The summed E-state index contributed by atoms with van der Waals surface area (Å²) in [5.41, 5.74) is 0. The Kier molecular flexibility index (Phi) is 5.96. The van der Waals surface area contributed by atoms with E-state index in [1.807, 2.05) is 4.68 Å². The van der Waals surface area contributed by atoms with Gasteiger partial charge < -0.3 is 9.64 Å². The molecule has 3 heterocycles. The highest BCUT2D eigenvalue weighted by molar-refractivity contribution is 4.95. The van der Waals surface area contributed by atoms with Crippen molar-refractivity contribution in [2.45, 2.75) is 57.7 Å². The van der Waals surface area contributed by atoms with Gasteiger partial charge in [-0.3, -0.25) is 4.90 Å². The topological polar surface area (TPSA) is 59.3 Å². The number of hydrogen-bond acceptors (Lipinski definition) is 6. The van der Waals surface area contributed by atoms with Gasteiger partial charge in [0.15, 0.2) is 5.82 Å². The summed E-state index contributed by atoms with van der Waals surface area (Å²) >= 11 is 0. The number of likely N-dealkylation sites (N-methyl/N-ethyl adjacent to an activating group) is 1. The summed E-state index contributed by atoms with van der Waals surface area (Å²) in [5.74, 6) is 1.03. The highest BCUT2D eigenvalue weighted by Gasteiger charge is 2.29. The van der Waals surface area contributed by atoms with Crippen LogP contribution in [0.3, 0.4) is 0 Å². The minimum absolute atomic E-state index is 0.275. The van der Waals surface area contributed by atoms with Crippen molar-refractivity contribution in [1.82, 2.24) is 30.0 Å². The molecule has 0 bridgehead atoms. The molecule has 2 aliphatic rings. The first-order valence-corrected chi connectivity index (χ1v) is 9.08. The molecule has 0 unspecified atom stereocenters. The number of ether oxygens (including phenoxy) is 1. The summed E-state index contributed by atoms with van der Waals surface area (Å²) in [6, 6.07) is 0.333. The van der Waals surface area contributed by atoms with E-state index in [0.717, 1.165) is 64.4 Å². The lowest BCUT2D eigenvalue weighted by atomic mass is 10.1. The molecule has 0 aromatic carbocycles. The van der Waals surface area contributed by atoms with Crippen LogP contribution in [-0.4, -0.2) is 75.9 Å². The van der Waals surface area contributed by atoms with E-state index in [0.29, 0.717) is 6.04 Å². The highest BCUT2D eigenvalue weighted by Crippen LogP contribution is 2.26.